The highest BCUT2D eigenvalue weighted by atomic mass is 16.6. The van der Waals surface area contributed by atoms with Crippen LogP contribution in [0.2, 0.25) is 0 Å². The molecule has 72 valence electrons. The third-order valence-electron chi connectivity index (χ3n) is 1.02. The van der Waals surface area contributed by atoms with Crippen LogP contribution in [0, 0.1) is 0 Å². The molecule has 0 saturated carbocycles. The molecule has 0 amide bonds. The van der Waals surface area contributed by atoms with Crippen LogP contribution in [0.15, 0.2) is 24.3 Å². The second-order valence-electron chi connectivity index (χ2n) is 1.99. The summed E-state index contributed by atoms with van der Waals surface area (Å²) < 4.78 is 3.67. The summed E-state index contributed by atoms with van der Waals surface area (Å²) in [5, 5.41) is 24.8. The first kappa shape index (κ1) is 11.1. The molecule has 0 radical (unpaired) electrons. The standard InChI is InChI=1S/C6H6O2.C2H4O3/c7-5-1-2-6(8)4-3-5;1-5-2(3)4/h1-4,7-8H;1H3,(H,3,4). The van der Waals surface area contributed by atoms with Crippen LogP contribution < -0.4 is 0 Å². The molecule has 0 aromatic heterocycles. The fraction of sp³-hybridized carbons (Fsp3) is 0.125. The highest BCUT2D eigenvalue weighted by Gasteiger charge is 1.84. The number of carbonyl (C=O) groups is 1. The molecule has 0 saturated heterocycles. The number of rotatable bonds is 0. The highest BCUT2D eigenvalue weighted by molar-refractivity contribution is 5.56. The fourth-order valence-electron chi connectivity index (χ4n) is 0.453. The number of aromatic hydroxyl groups is 2. The van der Waals surface area contributed by atoms with Gasteiger partial charge in [-0.05, 0) is 24.3 Å². The molecule has 1 aromatic carbocycles. The van der Waals surface area contributed by atoms with Gasteiger partial charge in [0.05, 0.1) is 7.11 Å². The van der Waals surface area contributed by atoms with Crippen molar-refractivity contribution in [2.24, 2.45) is 0 Å². The second kappa shape index (κ2) is 5.70. The number of phenols is 2. The van der Waals surface area contributed by atoms with Crippen molar-refractivity contribution < 1.29 is 24.9 Å². The molecule has 0 aliphatic heterocycles. The minimum atomic E-state index is -1.25. The van der Waals surface area contributed by atoms with Crippen molar-refractivity contribution in [2.45, 2.75) is 0 Å². The lowest BCUT2D eigenvalue weighted by Crippen LogP contribution is -1.91. The van der Waals surface area contributed by atoms with Crippen molar-refractivity contribution in [2.75, 3.05) is 7.11 Å². The normalized spacial score (nSPS) is 8.08. The lowest BCUT2D eigenvalue weighted by atomic mass is 10.3. The molecule has 3 N–H and O–H groups in total. The quantitative estimate of drug-likeness (QED) is 0.421. The topological polar surface area (TPSA) is 87.0 Å². The summed E-state index contributed by atoms with van der Waals surface area (Å²) >= 11 is 0. The van der Waals surface area contributed by atoms with Gasteiger partial charge in [0.1, 0.15) is 11.5 Å². The van der Waals surface area contributed by atoms with E-state index in [1.165, 1.54) is 24.3 Å². The molecular weight excluding hydrogens is 176 g/mol. The smallest absolute Gasteiger partial charge is 0.505 e. The molecule has 1 aromatic rings. The maximum absolute atomic E-state index is 9.15. The largest absolute Gasteiger partial charge is 0.508 e. The van der Waals surface area contributed by atoms with E-state index in [2.05, 4.69) is 4.74 Å². The predicted octanol–water partition coefficient (Wildman–Crippen LogP) is 1.41. The molecule has 13 heavy (non-hydrogen) atoms. The van der Waals surface area contributed by atoms with E-state index in [4.69, 9.17) is 20.1 Å². The summed E-state index contributed by atoms with van der Waals surface area (Å²) in [5.74, 6) is 0.339. The van der Waals surface area contributed by atoms with E-state index in [1.807, 2.05) is 0 Å². The van der Waals surface area contributed by atoms with Crippen molar-refractivity contribution in [3.05, 3.63) is 24.3 Å². The number of hydrogen-bond donors (Lipinski definition) is 3. The molecule has 5 heteroatoms. The maximum atomic E-state index is 9.15. The lowest BCUT2D eigenvalue weighted by Gasteiger charge is -1.88. The van der Waals surface area contributed by atoms with Crippen LogP contribution in [0.1, 0.15) is 0 Å². The summed E-state index contributed by atoms with van der Waals surface area (Å²) in [5.41, 5.74) is 0. The van der Waals surface area contributed by atoms with E-state index < -0.39 is 6.16 Å². The molecule has 0 fully saturated rings. The number of carboxylic acid groups (broad SMARTS) is 1. The minimum Gasteiger partial charge on any atom is -0.508 e. The van der Waals surface area contributed by atoms with Crippen molar-refractivity contribution in [3.63, 3.8) is 0 Å². The summed E-state index contributed by atoms with van der Waals surface area (Å²) in [6.45, 7) is 0. The van der Waals surface area contributed by atoms with Gasteiger partial charge in [0.25, 0.3) is 0 Å². The Morgan fingerprint density at radius 1 is 1.15 bits per heavy atom. The number of ether oxygens (including phenoxy) is 1. The Bertz CT molecular complexity index is 233. The van der Waals surface area contributed by atoms with Crippen molar-refractivity contribution in [3.8, 4) is 11.5 Å². The van der Waals surface area contributed by atoms with E-state index in [9.17, 15) is 0 Å². The Kier molecular flexibility index (Phi) is 4.87. The first-order chi connectivity index (χ1) is 6.06. The molecule has 0 unspecified atom stereocenters. The molecule has 0 heterocycles. The molecule has 1 rings (SSSR count). The van der Waals surface area contributed by atoms with Gasteiger partial charge in [0.15, 0.2) is 0 Å². The van der Waals surface area contributed by atoms with Gasteiger partial charge in [-0.15, -0.1) is 0 Å². The van der Waals surface area contributed by atoms with E-state index in [1.54, 1.807) is 0 Å². The van der Waals surface area contributed by atoms with Crippen LogP contribution >= 0.6 is 0 Å². The maximum Gasteiger partial charge on any atom is 0.505 e. The fourth-order valence-corrected chi connectivity index (χ4v) is 0.453. The zero-order chi connectivity index (χ0) is 10.3. The zero-order valence-corrected chi connectivity index (χ0v) is 6.97. The Balaban J connectivity index is 0.000000252. The molecule has 0 spiro atoms. The Hall–Kier alpha value is -1.91. The first-order valence-corrected chi connectivity index (χ1v) is 3.31. The Morgan fingerprint density at radius 3 is 1.54 bits per heavy atom. The average Bonchev–Trinajstić information content (AvgIpc) is 2.11. The van der Waals surface area contributed by atoms with Gasteiger partial charge >= 0.3 is 6.16 Å². The van der Waals surface area contributed by atoms with Gasteiger partial charge < -0.3 is 20.1 Å². The third-order valence-corrected chi connectivity index (χ3v) is 1.02. The van der Waals surface area contributed by atoms with Crippen LogP contribution in [0.5, 0.6) is 11.5 Å². The van der Waals surface area contributed by atoms with Gasteiger partial charge in [-0.3, -0.25) is 0 Å². The number of methoxy groups -OCH3 is 1. The van der Waals surface area contributed by atoms with Crippen molar-refractivity contribution in [1.29, 1.82) is 0 Å². The number of hydrogen-bond acceptors (Lipinski definition) is 4. The van der Waals surface area contributed by atoms with Gasteiger partial charge in [0, 0.05) is 0 Å². The van der Waals surface area contributed by atoms with Crippen LogP contribution in [0.4, 0.5) is 4.79 Å². The van der Waals surface area contributed by atoms with Crippen LogP contribution in [-0.4, -0.2) is 28.6 Å². The third kappa shape index (κ3) is 6.49. The van der Waals surface area contributed by atoms with E-state index >= 15 is 0 Å². The highest BCUT2D eigenvalue weighted by Crippen LogP contribution is 2.13. The van der Waals surface area contributed by atoms with Gasteiger partial charge in [-0.1, -0.05) is 0 Å². The summed E-state index contributed by atoms with van der Waals surface area (Å²) in [4.78, 5) is 9.15. The second-order valence-corrected chi connectivity index (χ2v) is 1.99. The molecule has 0 atom stereocenters. The van der Waals surface area contributed by atoms with E-state index in [0.29, 0.717) is 0 Å². The average molecular weight is 186 g/mol. The van der Waals surface area contributed by atoms with Crippen LogP contribution in [-0.2, 0) is 4.74 Å². The summed E-state index contributed by atoms with van der Waals surface area (Å²) in [6, 6.07) is 5.70. The lowest BCUT2D eigenvalue weighted by molar-refractivity contribution is 0.114. The summed E-state index contributed by atoms with van der Waals surface area (Å²) in [7, 11) is 1.10. The molecule has 0 aliphatic rings. The molecular formula is C8H10O5. The molecule has 0 bridgehead atoms. The van der Waals surface area contributed by atoms with Crippen molar-refractivity contribution in [1.82, 2.24) is 0 Å². The SMILES string of the molecule is COC(=O)O.Oc1ccc(O)cc1. The van der Waals surface area contributed by atoms with Gasteiger partial charge in [-0.2, -0.15) is 0 Å². The van der Waals surface area contributed by atoms with Crippen LogP contribution in [0.25, 0.3) is 0 Å². The van der Waals surface area contributed by atoms with E-state index in [-0.39, 0.29) is 11.5 Å². The molecule has 0 aliphatic carbocycles. The number of phenolic OH excluding ortho intramolecular Hbond substituents is 2. The number of benzene rings is 1. The van der Waals surface area contributed by atoms with Gasteiger partial charge in [-0.25, -0.2) is 4.79 Å². The first-order valence-electron chi connectivity index (χ1n) is 3.31. The van der Waals surface area contributed by atoms with Crippen molar-refractivity contribution >= 4 is 6.16 Å². The van der Waals surface area contributed by atoms with E-state index in [0.717, 1.165) is 7.11 Å². The van der Waals surface area contributed by atoms with Crippen LogP contribution in [0.3, 0.4) is 0 Å². The Labute approximate surface area is 74.8 Å². The Morgan fingerprint density at radius 2 is 1.38 bits per heavy atom. The minimum absolute atomic E-state index is 0.169. The zero-order valence-electron chi connectivity index (χ0n) is 6.97. The summed E-state index contributed by atoms with van der Waals surface area (Å²) in [6.07, 6.45) is -1.25. The van der Waals surface area contributed by atoms with Gasteiger partial charge in [0.2, 0.25) is 0 Å². The predicted molar refractivity (Wildman–Crippen MR) is 44.8 cm³/mol. The monoisotopic (exact) mass is 186 g/mol. The molecule has 5 nitrogen and oxygen atoms in total.